The molecule has 1 fully saturated rings. The van der Waals surface area contributed by atoms with E-state index in [1.54, 1.807) is 0 Å². The van der Waals surface area contributed by atoms with Gasteiger partial charge in [0.15, 0.2) is 0 Å². The number of amidine groups is 1. The van der Waals surface area contributed by atoms with Crippen molar-refractivity contribution in [3.8, 4) is 0 Å². The molecule has 11 heteroatoms. The van der Waals surface area contributed by atoms with E-state index in [2.05, 4.69) is 20.7 Å². The van der Waals surface area contributed by atoms with Crippen molar-refractivity contribution in [2.45, 2.75) is 43.9 Å². The zero-order valence-corrected chi connectivity index (χ0v) is 18.1. The number of alkyl halides is 6. The highest BCUT2D eigenvalue weighted by molar-refractivity contribution is 5.84. The first-order chi connectivity index (χ1) is 16.1. The second kappa shape index (κ2) is 9.93. The van der Waals surface area contributed by atoms with E-state index < -0.39 is 29.6 Å². The number of likely N-dealkylation sites (tertiary alicyclic amines) is 1. The summed E-state index contributed by atoms with van der Waals surface area (Å²) in [5.74, 6) is 0.759. The SMILES string of the molecule is FC(F)(F)c1cc(CO[C@@H]2CCCN(CC3=NCNN3)[C@@H]2c2ccccc2)cc(C(F)(F)F)c1. The molecule has 2 N–H and O–H groups in total. The zero-order valence-electron chi connectivity index (χ0n) is 18.1. The van der Waals surface area contributed by atoms with E-state index in [9.17, 15) is 26.3 Å². The summed E-state index contributed by atoms with van der Waals surface area (Å²) in [5.41, 5.74) is 4.01. The highest BCUT2D eigenvalue weighted by Gasteiger charge is 2.38. The van der Waals surface area contributed by atoms with Crippen LogP contribution in [0.1, 0.15) is 41.1 Å². The Morgan fingerprint density at radius 1 is 0.971 bits per heavy atom. The second-order valence-electron chi connectivity index (χ2n) is 8.30. The molecular weight excluding hydrogens is 462 g/mol. The summed E-state index contributed by atoms with van der Waals surface area (Å²) in [4.78, 5) is 6.50. The van der Waals surface area contributed by atoms with Crippen LogP contribution in [0.3, 0.4) is 0 Å². The molecule has 0 amide bonds. The number of hydrogen-bond acceptors (Lipinski definition) is 5. The molecule has 184 valence electrons. The smallest absolute Gasteiger partial charge is 0.372 e. The minimum atomic E-state index is -4.90. The van der Waals surface area contributed by atoms with Gasteiger partial charge in [-0.3, -0.25) is 9.89 Å². The van der Waals surface area contributed by atoms with Crippen molar-refractivity contribution in [1.29, 1.82) is 0 Å². The molecule has 0 spiro atoms. The maximum atomic E-state index is 13.2. The molecule has 2 aromatic carbocycles. The van der Waals surface area contributed by atoms with E-state index in [4.69, 9.17) is 4.74 Å². The highest BCUT2D eigenvalue weighted by Crippen LogP contribution is 2.38. The fourth-order valence-electron chi connectivity index (χ4n) is 4.36. The van der Waals surface area contributed by atoms with E-state index in [0.29, 0.717) is 19.6 Å². The molecule has 0 aliphatic carbocycles. The molecule has 2 heterocycles. The summed E-state index contributed by atoms with van der Waals surface area (Å²) in [6.07, 6.45) is -8.82. The number of ether oxygens (including phenoxy) is 1. The summed E-state index contributed by atoms with van der Waals surface area (Å²) in [7, 11) is 0. The number of piperidine rings is 1. The van der Waals surface area contributed by atoms with Crippen molar-refractivity contribution >= 4 is 5.84 Å². The van der Waals surface area contributed by atoms with Gasteiger partial charge < -0.3 is 10.2 Å². The third-order valence-corrected chi connectivity index (χ3v) is 5.87. The maximum Gasteiger partial charge on any atom is 0.416 e. The Hall–Kier alpha value is -2.63. The molecule has 0 unspecified atom stereocenters. The summed E-state index contributed by atoms with van der Waals surface area (Å²) in [6, 6.07) is 10.9. The van der Waals surface area contributed by atoms with Gasteiger partial charge in [0.25, 0.3) is 0 Å². The van der Waals surface area contributed by atoms with E-state index in [1.165, 1.54) is 0 Å². The van der Waals surface area contributed by atoms with Gasteiger partial charge in [-0.05, 0) is 48.7 Å². The minimum absolute atomic E-state index is 0.127. The van der Waals surface area contributed by atoms with Crippen LogP contribution in [0.2, 0.25) is 0 Å². The number of rotatable bonds is 6. The molecule has 4 rings (SSSR count). The van der Waals surface area contributed by atoms with Crippen LogP contribution in [0.15, 0.2) is 53.5 Å². The van der Waals surface area contributed by atoms with E-state index in [-0.39, 0.29) is 24.3 Å². The Kier molecular flexibility index (Phi) is 7.15. The third-order valence-electron chi connectivity index (χ3n) is 5.87. The number of halogens is 6. The molecule has 34 heavy (non-hydrogen) atoms. The molecule has 2 aliphatic heterocycles. The van der Waals surface area contributed by atoms with Gasteiger partial charge >= 0.3 is 12.4 Å². The zero-order chi connectivity index (χ0) is 24.3. The first-order valence-electron chi connectivity index (χ1n) is 10.8. The molecule has 1 saturated heterocycles. The minimum Gasteiger partial charge on any atom is -0.372 e. The van der Waals surface area contributed by atoms with Gasteiger partial charge in [-0.1, -0.05) is 30.3 Å². The lowest BCUT2D eigenvalue weighted by molar-refractivity contribution is -0.143. The summed E-state index contributed by atoms with van der Waals surface area (Å²) in [5, 5.41) is 0. The van der Waals surface area contributed by atoms with Crippen molar-refractivity contribution in [1.82, 2.24) is 15.8 Å². The van der Waals surface area contributed by atoms with E-state index in [1.807, 2.05) is 30.3 Å². The molecule has 0 radical (unpaired) electrons. The van der Waals surface area contributed by atoms with Gasteiger partial charge in [-0.2, -0.15) is 26.3 Å². The first-order valence-corrected chi connectivity index (χ1v) is 10.8. The van der Waals surface area contributed by atoms with Crippen molar-refractivity contribution in [2.75, 3.05) is 19.8 Å². The number of hydrazine groups is 1. The van der Waals surface area contributed by atoms with Crippen LogP contribution in [0, 0.1) is 0 Å². The lowest BCUT2D eigenvalue weighted by atomic mass is 9.92. The van der Waals surface area contributed by atoms with Crippen LogP contribution in [0.5, 0.6) is 0 Å². The lowest BCUT2D eigenvalue weighted by Crippen LogP contribution is -2.47. The average Bonchev–Trinajstić information content (AvgIpc) is 3.30. The fourth-order valence-corrected chi connectivity index (χ4v) is 4.36. The molecule has 2 aliphatic rings. The van der Waals surface area contributed by atoms with Crippen molar-refractivity contribution in [3.63, 3.8) is 0 Å². The summed E-state index contributed by atoms with van der Waals surface area (Å²) < 4.78 is 85.3. The first kappa shape index (κ1) is 24.5. The van der Waals surface area contributed by atoms with Gasteiger partial charge in [0.05, 0.1) is 36.4 Å². The van der Waals surface area contributed by atoms with Crippen molar-refractivity contribution in [3.05, 3.63) is 70.8 Å². The Morgan fingerprint density at radius 3 is 2.24 bits per heavy atom. The standard InChI is InChI=1S/C23H24F6N4O/c24-22(25,26)17-9-15(10-18(11-17)23(27,28)29)13-34-19-7-4-8-33(12-20-30-14-31-32-20)21(19)16-5-2-1-3-6-16/h1-3,5-6,9-11,19,21,31H,4,7-8,12-14H2,(H,30,32)/t19-,21-/m1/s1. The predicted octanol–water partition coefficient (Wildman–Crippen LogP) is 4.91. The maximum absolute atomic E-state index is 13.2. The van der Waals surface area contributed by atoms with Crippen LogP contribution in [-0.2, 0) is 23.7 Å². The number of hydrogen-bond donors (Lipinski definition) is 2. The molecule has 5 nitrogen and oxygen atoms in total. The average molecular weight is 486 g/mol. The van der Waals surface area contributed by atoms with Gasteiger partial charge in [0.2, 0.25) is 0 Å². The van der Waals surface area contributed by atoms with Gasteiger partial charge in [-0.25, -0.2) is 5.43 Å². The number of aliphatic imine (C=N–C) groups is 1. The van der Waals surface area contributed by atoms with Crippen LogP contribution in [0.4, 0.5) is 26.3 Å². The third kappa shape index (κ3) is 5.89. The van der Waals surface area contributed by atoms with Crippen molar-refractivity contribution < 1.29 is 31.1 Å². The summed E-state index contributed by atoms with van der Waals surface area (Å²) >= 11 is 0. The Morgan fingerprint density at radius 2 is 1.65 bits per heavy atom. The van der Waals surface area contributed by atoms with E-state index in [0.717, 1.165) is 36.5 Å². The Bertz CT molecular complexity index is 977. The van der Waals surface area contributed by atoms with Crippen LogP contribution in [0.25, 0.3) is 0 Å². The fraction of sp³-hybridized carbons (Fsp3) is 0.435. The molecule has 0 saturated carbocycles. The number of benzene rings is 2. The molecular formula is C23H24F6N4O. The van der Waals surface area contributed by atoms with Crippen molar-refractivity contribution in [2.24, 2.45) is 4.99 Å². The largest absolute Gasteiger partial charge is 0.416 e. The van der Waals surface area contributed by atoms with Crippen LogP contribution >= 0.6 is 0 Å². The quantitative estimate of drug-likeness (QED) is 0.570. The predicted molar refractivity (Wildman–Crippen MR) is 114 cm³/mol. The highest BCUT2D eigenvalue weighted by atomic mass is 19.4. The van der Waals surface area contributed by atoms with Gasteiger partial charge in [0.1, 0.15) is 12.5 Å². The number of nitrogens with zero attached hydrogens (tertiary/aromatic N) is 2. The number of nitrogens with one attached hydrogen (secondary N) is 2. The molecule has 2 atom stereocenters. The topological polar surface area (TPSA) is 48.9 Å². The second-order valence-corrected chi connectivity index (χ2v) is 8.30. The molecule has 0 bridgehead atoms. The Labute approximate surface area is 192 Å². The Balaban J connectivity index is 1.58. The lowest BCUT2D eigenvalue weighted by Gasteiger charge is -2.41. The summed E-state index contributed by atoms with van der Waals surface area (Å²) in [6.45, 7) is 1.35. The van der Waals surface area contributed by atoms with E-state index >= 15 is 0 Å². The van der Waals surface area contributed by atoms with Gasteiger partial charge in [-0.15, -0.1) is 0 Å². The molecule has 2 aromatic rings. The van der Waals surface area contributed by atoms with Crippen LogP contribution < -0.4 is 10.9 Å². The van der Waals surface area contributed by atoms with Crippen LogP contribution in [-0.4, -0.2) is 36.6 Å². The monoisotopic (exact) mass is 486 g/mol. The molecule has 0 aromatic heterocycles. The van der Waals surface area contributed by atoms with Gasteiger partial charge in [0, 0.05) is 0 Å². The normalized spacial score (nSPS) is 21.9.